The predicted molar refractivity (Wildman–Crippen MR) is 167 cm³/mol. The fourth-order valence-corrected chi connectivity index (χ4v) is 8.65. The summed E-state index contributed by atoms with van der Waals surface area (Å²) in [5, 5.41) is 0. The van der Waals surface area contributed by atoms with Gasteiger partial charge in [-0.05, 0) is 125 Å². The zero-order valence-corrected chi connectivity index (χ0v) is 28.5. The number of benzene rings is 3. The van der Waals surface area contributed by atoms with E-state index in [9.17, 15) is 31.2 Å². The van der Waals surface area contributed by atoms with Crippen LogP contribution in [-0.4, -0.2) is 57.4 Å². The van der Waals surface area contributed by atoms with E-state index in [-0.39, 0.29) is 26.2 Å². The van der Waals surface area contributed by atoms with Crippen molar-refractivity contribution in [2.45, 2.75) is 72.9 Å². The lowest BCUT2D eigenvalue weighted by Gasteiger charge is -2.39. The van der Waals surface area contributed by atoms with Crippen molar-refractivity contribution in [2.24, 2.45) is 0 Å². The van der Waals surface area contributed by atoms with E-state index in [2.05, 4.69) is 0 Å². The first-order valence-electron chi connectivity index (χ1n) is 14.0. The minimum atomic E-state index is -6.19. The molecule has 3 aromatic carbocycles. The molecule has 47 heavy (non-hydrogen) atoms. The molecule has 0 radical (unpaired) electrons. The molecule has 0 heterocycles. The molecule has 10 nitrogen and oxygen atoms in total. The molecule has 0 bridgehead atoms. The number of esters is 2. The van der Waals surface area contributed by atoms with Gasteiger partial charge in [-0.3, -0.25) is 0 Å². The first-order valence-corrected chi connectivity index (χ1v) is 17.0. The number of ether oxygens (including phenoxy) is 5. The SMILES string of the molecule is COc1ccc(S(OS(=O)(=O)C(F)(F)F)(c2ccc(OCC(=O)OC(C)(C)C)cc2)c2ccc(OCC(=O)OC(C)(C)C)cc2)cc1. The zero-order chi connectivity index (χ0) is 35.3. The molecule has 0 aliphatic heterocycles. The second-order valence-electron chi connectivity index (χ2n) is 11.9. The van der Waals surface area contributed by atoms with Gasteiger partial charge in [-0.25, -0.2) is 9.59 Å². The van der Waals surface area contributed by atoms with Crippen LogP contribution in [0.15, 0.2) is 87.5 Å². The molecular weight excluding hydrogens is 665 g/mol. The zero-order valence-electron chi connectivity index (χ0n) is 26.9. The summed E-state index contributed by atoms with van der Waals surface area (Å²) in [6.45, 7) is 9.25. The highest BCUT2D eigenvalue weighted by Gasteiger charge is 2.52. The second kappa shape index (κ2) is 14.4. The Morgan fingerprint density at radius 2 is 0.915 bits per heavy atom. The second-order valence-corrected chi connectivity index (χ2v) is 16.3. The van der Waals surface area contributed by atoms with Gasteiger partial charge >= 0.3 is 27.6 Å². The van der Waals surface area contributed by atoms with Gasteiger partial charge in [0, 0.05) is 14.7 Å². The molecule has 0 saturated heterocycles. The summed E-state index contributed by atoms with van der Waals surface area (Å²) in [6.07, 6.45) is 0. The van der Waals surface area contributed by atoms with Crippen LogP contribution in [0.2, 0.25) is 0 Å². The van der Waals surface area contributed by atoms with Crippen LogP contribution in [0.4, 0.5) is 13.2 Å². The minimum absolute atomic E-state index is 0.0440. The maximum Gasteiger partial charge on any atom is 0.524 e. The number of alkyl halides is 3. The van der Waals surface area contributed by atoms with E-state index in [0.29, 0.717) is 5.75 Å². The summed E-state index contributed by atoms with van der Waals surface area (Å²) >= 11 is 0. The lowest BCUT2D eigenvalue weighted by atomic mass is 10.2. The van der Waals surface area contributed by atoms with Gasteiger partial charge < -0.3 is 23.7 Å². The highest BCUT2D eigenvalue weighted by atomic mass is 32.3. The van der Waals surface area contributed by atoms with E-state index in [1.54, 1.807) is 41.5 Å². The van der Waals surface area contributed by atoms with Crippen LogP contribution in [0.5, 0.6) is 17.2 Å². The number of hydrogen-bond acceptors (Lipinski definition) is 10. The average molecular weight is 703 g/mol. The lowest BCUT2D eigenvalue weighted by molar-refractivity contribution is -0.158. The van der Waals surface area contributed by atoms with Gasteiger partial charge in [-0.2, -0.15) is 25.2 Å². The third-order valence-electron chi connectivity index (χ3n) is 5.73. The average Bonchev–Trinajstić information content (AvgIpc) is 2.96. The first-order chi connectivity index (χ1) is 21.6. The van der Waals surface area contributed by atoms with E-state index in [1.165, 1.54) is 79.9 Å². The third-order valence-corrected chi connectivity index (χ3v) is 10.6. The molecule has 0 aliphatic rings. The Labute approximate surface area is 273 Å². The van der Waals surface area contributed by atoms with Crippen LogP contribution >= 0.6 is 10.3 Å². The number of rotatable bonds is 12. The molecule has 0 unspecified atom stereocenters. The third kappa shape index (κ3) is 10.3. The van der Waals surface area contributed by atoms with Gasteiger partial charge in [-0.15, -0.1) is 0 Å². The normalized spacial score (nSPS) is 13.0. The van der Waals surface area contributed by atoms with E-state index < -0.39 is 62.3 Å². The van der Waals surface area contributed by atoms with Crippen molar-refractivity contribution in [1.29, 1.82) is 0 Å². The number of hydrogen-bond donors (Lipinski definition) is 0. The minimum Gasteiger partial charge on any atom is -0.497 e. The van der Waals surface area contributed by atoms with Crippen molar-refractivity contribution in [2.75, 3.05) is 20.3 Å². The summed E-state index contributed by atoms with van der Waals surface area (Å²) in [7, 11) is -8.50. The van der Waals surface area contributed by atoms with Crippen molar-refractivity contribution < 1.29 is 58.5 Å². The fraction of sp³-hybridized carbons (Fsp3) is 0.375. The van der Waals surface area contributed by atoms with Crippen LogP contribution in [-0.2, 0) is 32.8 Å². The lowest BCUT2D eigenvalue weighted by Crippen LogP contribution is -2.28. The van der Waals surface area contributed by atoms with Gasteiger partial charge in [0.1, 0.15) is 28.5 Å². The van der Waals surface area contributed by atoms with E-state index in [0.717, 1.165) is 0 Å². The number of halogens is 3. The van der Waals surface area contributed by atoms with E-state index >= 15 is 0 Å². The molecule has 258 valence electrons. The van der Waals surface area contributed by atoms with E-state index in [4.69, 9.17) is 27.3 Å². The van der Waals surface area contributed by atoms with Crippen molar-refractivity contribution in [3.05, 3.63) is 72.8 Å². The molecule has 0 aromatic heterocycles. The van der Waals surface area contributed by atoms with Gasteiger partial charge in [0.05, 0.1) is 7.11 Å². The molecule has 15 heteroatoms. The molecular formula is C32H37F3O10S2. The van der Waals surface area contributed by atoms with Gasteiger partial charge in [0.25, 0.3) is 0 Å². The quantitative estimate of drug-likeness (QED) is 0.141. The smallest absolute Gasteiger partial charge is 0.497 e. The highest BCUT2D eigenvalue weighted by molar-refractivity contribution is 8.33. The standard InChI is InChI=1S/C32H37F3O10S2/c1-30(2,3)43-28(36)20-41-23-10-16-26(17-11-23)46(45-47(38,39)32(33,34)35,25-14-8-22(40-7)9-15-25)27-18-12-24(13-19-27)42-21-29(37)44-31(4,5)6/h8-19H,20-21H2,1-7H3. The molecule has 3 aromatic rings. The Bertz CT molecular complexity index is 1550. The Morgan fingerprint density at radius 1 is 0.596 bits per heavy atom. The molecule has 0 aliphatic carbocycles. The summed E-state index contributed by atoms with van der Waals surface area (Å²) in [5.41, 5.74) is -7.25. The molecule has 0 fully saturated rings. The highest BCUT2D eigenvalue weighted by Crippen LogP contribution is 2.71. The molecule has 0 atom stereocenters. The Hall–Kier alpha value is -3.95. The summed E-state index contributed by atoms with van der Waals surface area (Å²) < 4.78 is 99.0. The maximum absolute atomic E-state index is 13.9. The van der Waals surface area contributed by atoms with Crippen molar-refractivity contribution in [3.63, 3.8) is 0 Å². The summed E-state index contributed by atoms with van der Waals surface area (Å²) in [4.78, 5) is 24.4. The van der Waals surface area contributed by atoms with Crippen molar-refractivity contribution in [3.8, 4) is 17.2 Å². The Kier molecular flexibility index (Phi) is 11.5. The van der Waals surface area contributed by atoms with Gasteiger partial charge in [0.2, 0.25) is 0 Å². The predicted octanol–water partition coefficient (Wildman–Crippen LogP) is 7.20. The number of carbonyl (C=O) groups is 2. The van der Waals surface area contributed by atoms with Crippen molar-refractivity contribution in [1.82, 2.24) is 0 Å². The van der Waals surface area contributed by atoms with Gasteiger partial charge in [-0.1, -0.05) is 0 Å². The fourth-order valence-electron chi connectivity index (χ4n) is 3.95. The van der Waals surface area contributed by atoms with Crippen LogP contribution in [0, 0.1) is 0 Å². The molecule has 0 spiro atoms. The van der Waals surface area contributed by atoms with Crippen LogP contribution in [0.1, 0.15) is 41.5 Å². The summed E-state index contributed by atoms with van der Waals surface area (Å²) in [5.74, 6) is -0.612. The topological polar surface area (TPSA) is 124 Å². The molecule has 3 rings (SSSR count). The van der Waals surface area contributed by atoms with Crippen LogP contribution in [0.25, 0.3) is 0 Å². The Balaban J connectivity index is 2.12. The largest absolute Gasteiger partial charge is 0.524 e. The van der Waals surface area contributed by atoms with Crippen molar-refractivity contribution >= 4 is 32.4 Å². The Morgan fingerprint density at radius 3 is 1.19 bits per heavy atom. The number of carbonyl (C=O) groups excluding carboxylic acids is 2. The van der Waals surface area contributed by atoms with Crippen LogP contribution in [0.3, 0.4) is 0 Å². The monoisotopic (exact) mass is 702 g/mol. The van der Waals surface area contributed by atoms with Gasteiger partial charge in [0.15, 0.2) is 13.2 Å². The molecule has 0 amide bonds. The molecule has 0 N–H and O–H groups in total. The first kappa shape index (κ1) is 37.5. The number of methoxy groups -OCH3 is 1. The summed E-state index contributed by atoms with van der Waals surface area (Å²) in [6, 6.07) is 16.6. The van der Waals surface area contributed by atoms with Crippen LogP contribution < -0.4 is 14.2 Å². The maximum atomic E-state index is 13.9. The van der Waals surface area contributed by atoms with E-state index in [1.807, 2.05) is 0 Å². The molecule has 0 saturated carbocycles.